The third kappa shape index (κ3) is 4.44. The predicted octanol–water partition coefficient (Wildman–Crippen LogP) is 4.20. The van der Waals surface area contributed by atoms with E-state index in [9.17, 15) is 9.18 Å². The molecule has 1 aromatic carbocycles. The summed E-state index contributed by atoms with van der Waals surface area (Å²) >= 11 is 2.98. The number of hydrogen-bond donors (Lipinski definition) is 1. The largest absolute Gasteiger partial charge is 0.344 e. The first-order valence-corrected chi connectivity index (χ1v) is 11.2. The minimum Gasteiger partial charge on any atom is -0.344 e. The van der Waals surface area contributed by atoms with Gasteiger partial charge in [0.05, 0.1) is 11.8 Å². The lowest BCUT2D eigenvalue weighted by Crippen LogP contribution is -2.30. The molecule has 1 aliphatic heterocycles. The van der Waals surface area contributed by atoms with Gasteiger partial charge in [-0.3, -0.25) is 4.79 Å². The van der Waals surface area contributed by atoms with Crippen molar-refractivity contribution in [3.05, 3.63) is 63.9 Å². The van der Waals surface area contributed by atoms with E-state index in [1.165, 1.54) is 30.3 Å². The van der Waals surface area contributed by atoms with E-state index in [1.54, 1.807) is 23.5 Å². The highest BCUT2D eigenvalue weighted by molar-refractivity contribution is 7.99. The van der Waals surface area contributed by atoms with Crippen molar-refractivity contribution >= 4 is 29.0 Å². The lowest BCUT2D eigenvalue weighted by Gasteiger charge is -2.18. The number of nitrogens with one attached hydrogen (secondary N) is 1. The maximum absolute atomic E-state index is 13.3. The van der Waals surface area contributed by atoms with E-state index in [2.05, 4.69) is 20.1 Å². The average molecular weight is 417 g/mol. The average Bonchev–Trinajstić information content (AvgIpc) is 3.30. The van der Waals surface area contributed by atoms with Gasteiger partial charge in [-0.05, 0) is 42.0 Å². The molecule has 2 aromatic heterocycles. The molecule has 1 N–H and O–H groups in total. The Morgan fingerprint density at radius 1 is 1.21 bits per heavy atom. The SMILES string of the molecule is O=C(CSc1nnc2n1CCCCC2)N[C@H](c1ccc(F)cc1)c1cccs1. The lowest BCUT2D eigenvalue weighted by molar-refractivity contribution is -0.119. The zero-order valence-corrected chi connectivity index (χ0v) is 16.9. The molecule has 4 rings (SSSR count). The molecule has 5 nitrogen and oxygen atoms in total. The smallest absolute Gasteiger partial charge is 0.231 e. The molecule has 3 heterocycles. The van der Waals surface area contributed by atoms with Gasteiger partial charge in [-0.1, -0.05) is 36.4 Å². The molecule has 0 aliphatic carbocycles. The molecule has 0 unspecified atom stereocenters. The predicted molar refractivity (Wildman–Crippen MR) is 109 cm³/mol. The number of amides is 1. The highest BCUT2D eigenvalue weighted by Gasteiger charge is 2.20. The zero-order valence-electron chi connectivity index (χ0n) is 15.3. The minimum absolute atomic E-state index is 0.0845. The van der Waals surface area contributed by atoms with Crippen molar-refractivity contribution in [2.75, 3.05) is 5.75 Å². The van der Waals surface area contributed by atoms with Crippen molar-refractivity contribution in [3.63, 3.8) is 0 Å². The molecular formula is C20H21FN4OS2. The van der Waals surface area contributed by atoms with Crippen molar-refractivity contribution in [1.82, 2.24) is 20.1 Å². The molecule has 0 spiro atoms. The third-order valence-electron chi connectivity index (χ3n) is 4.74. The van der Waals surface area contributed by atoms with Crippen LogP contribution >= 0.6 is 23.1 Å². The van der Waals surface area contributed by atoms with Crippen LogP contribution in [0.1, 0.15) is 41.6 Å². The van der Waals surface area contributed by atoms with Crippen LogP contribution in [0.15, 0.2) is 46.9 Å². The van der Waals surface area contributed by atoms with Crippen LogP contribution in [0.5, 0.6) is 0 Å². The molecule has 0 bridgehead atoms. The highest BCUT2D eigenvalue weighted by Crippen LogP contribution is 2.27. The number of carbonyl (C=O) groups is 1. The van der Waals surface area contributed by atoms with Gasteiger partial charge in [0, 0.05) is 17.8 Å². The van der Waals surface area contributed by atoms with Crippen molar-refractivity contribution in [2.24, 2.45) is 0 Å². The number of thioether (sulfide) groups is 1. The van der Waals surface area contributed by atoms with Crippen LogP contribution in [-0.4, -0.2) is 26.4 Å². The van der Waals surface area contributed by atoms with Gasteiger partial charge < -0.3 is 9.88 Å². The molecule has 1 aliphatic rings. The quantitative estimate of drug-likeness (QED) is 0.612. The Morgan fingerprint density at radius 2 is 2.07 bits per heavy atom. The van der Waals surface area contributed by atoms with Gasteiger partial charge in [0.15, 0.2) is 5.16 Å². The van der Waals surface area contributed by atoms with Gasteiger partial charge in [0.1, 0.15) is 11.6 Å². The van der Waals surface area contributed by atoms with Gasteiger partial charge in [0.2, 0.25) is 5.91 Å². The summed E-state index contributed by atoms with van der Waals surface area (Å²) < 4.78 is 15.4. The molecule has 28 heavy (non-hydrogen) atoms. The van der Waals surface area contributed by atoms with Crippen LogP contribution in [0.2, 0.25) is 0 Å². The first kappa shape index (κ1) is 19.1. The second-order valence-electron chi connectivity index (χ2n) is 6.72. The Hall–Kier alpha value is -2.19. The number of carbonyl (C=O) groups excluding carboxylic acids is 1. The summed E-state index contributed by atoms with van der Waals surface area (Å²) in [6.07, 6.45) is 4.41. The first-order chi connectivity index (χ1) is 13.7. The second kappa shape index (κ2) is 8.87. The van der Waals surface area contributed by atoms with E-state index in [0.717, 1.165) is 47.2 Å². The monoisotopic (exact) mass is 416 g/mol. The number of aryl methyl sites for hydroxylation is 1. The summed E-state index contributed by atoms with van der Waals surface area (Å²) in [6.45, 7) is 0.916. The molecule has 3 aromatic rings. The van der Waals surface area contributed by atoms with E-state index < -0.39 is 0 Å². The van der Waals surface area contributed by atoms with Gasteiger partial charge in [-0.2, -0.15) is 0 Å². The normalized spacial score (nSPS) is 14.9. The number of hydrogen-bond acceptors (Lipinski definition) is 5. The van der Waals surface area contributed by atoms with Crippen LogP contribution < -0.4 is 5.32 Å². The van der Waals surface area contributed by atoms with Crippen LogP contribution in [0, 0.1) is 5.82 Å². The molecule has 1 amide bonds. The molecule has 1 atom stereocenters. The standard InChI is InChI=1S/C20H21FN4OS2/c21-15-9-7-14(8-10-15)19(16-5-4-12-27-16)22-18(26)13-28-20-24-23-17-6-2-1-3-11-25(17)20/h4-5,7-10,12,19H,1-3,6,11,13H2,(H,22,26)/t19-/m1/s1. The van der Waals surface area contributed by atoms with Crippen molar-refractivity contribution in [3.8, 4) is 0 Å². The van der Waals surface area contributed by atoms with Gasteiger partial charge in [-0.25, -0.2) is 4.39 Å². The fourth-order valence-electron chi connectivity index (χ4n) is 3.33. The van der Waals surface area contributed by atoms with Crippen molar-refractivity contribution in [1.29, 1.82) is 0 Å². The Kier molecular flexibility index (Phi) is 6.07. The van der Waals surface area contributed by atoms with Crippen LogP contribution in [0.4, 0.5) is 4.39 Å². The van der Waals surface area contributed by atoms with Gasteiger partial charge in [-0.15, -0.1) is 21.5 Å². The Balaban J connectivity index is 1.44. The molecule has 0 fully saturated rings. The third-order valence-corrected chi connectivity index (χ3v) is 6.65. The number of halogens is 1. The number of rotatable bonds is 6. The van der Waals surface area contributed by atoms with Gasteiger partial charge >= 0.3 is 0 Å². The molecule has 0 saturated heterocycles. The Morgan fingerprint density at radius 3 is 2.86 bits per heavy atom. The topological polar surface area (TPSA) is 59.8 Å². The van der Waals surface area contributed by atoms with Crippen LogP contribution in [0.3, 0.4) is 0 Å². The highest BCUT2D eigenvalue weighted by atomic mass is 32.2. The van der Waals surface area contributed by atoms with E-state index in [4.69, 9.17) is 0 Å². The lowest BCUT2D eigenvalue weighted by atomic mass is 10.1. The van der Waals surface area contributed by atoms with E-state index in [0.29, 0.717) is 0 Å². The second-order valence-corrected chi connectivity index (χ2v) is 8.64. The molecule has 0 saturated carbocycles. The summed E-state index contributed by atoms with van der Waals surface area (Å²) in [5.74, 6) is 0.909. The minimum atomic E-state index is -0.289. The van der Waals surface area contributed by atoms with E-state index >= 15 is 0 Å². The zero-order chi connectivity index (χ0) is 19.3. The van der Waals surface area contributed by atoms with Crippen LogP contribution in [-0.2, 0) is 17.8 Å². The van der Waals surface area contributed by atoms with E-state index in [1.807, 2.05) is 17.5 Å². The maximum Gasteiger partial charge on any atom is 0.231 e. The fourth-order valence-corrected chi connectivity index (χ4v) is 4.92. The summed E-state index contributed by atoms with van der Waals surface area (Å²) in [6, 6.07) is 9.90. The van der Waals surface area contributed by atoms with E-state index in [-0.39, 0.29) is 23.5 Å². The Labute approximate surface area is 171 Å². The molecule has 8 heteroatoms. The Bertz CT molecular complexity index is 924. The van der Waals surface area contributed by atoms with Crippen molar-refractivity contribution < 1.29 is 9.18 Å². The van der Waals surface area contributed by atoms with Gasteiger partial charge in [0.25, 0.3) is 0 Å². The first-order valence-electron chi connectivity index (χ1n) is 9.34. The summed E-state index contributed by atoms with van der Waals surface area (Å²) in [4.78, 5) is 13.7. The number of nitrogens with zero attached hydrogens (tertiary/aromatic N) is 3. The number of benzene rings is 1. The summed E-state index contributed by atoms with van der Waals surface area (Å²) in [5.41, 5.74) is 0.860. The number of fused-ring (bicyclic) bond motifs is 1. The molecular weight excluding hydrogens is 395 g/mol. The fraction of sp³-hybridized carbons (Fsp3) is 0.350. The summed E-state index contributed by atoms with van der Waals surface area (Å²) in [7, 11) is 0. The number of thiophene rings is 1. The number of aromatic nitrogens is 3. The molecule has 0 radical (unpaired) electrons. The van der Waals surface area contributed by atoms with Crippen LogP contribution in [0.25, 0.3) is 0 Å². The summed E-state index contributed by atoms with van der Waals surface area (Å²) in [5, 5.41) is 14.4. The van der Waals surface area contributed by atoms with Crippen molar-refractivity contribution in [2.45, 2.75) is 43.4 Å². The molecule has 146 valence electrons. The maximum atomic E-state index is 13.3.